The van der Waals surface area contributed by atoms with Crippen molar-refractivity contribution in [2.45, 2.75) is 0 Å². The van der Waals surface area contributed by atoms with E-state index in [9.17, 15) is 0 Å². The largest absolute Gasteiger partial charge is 0.310 e. The Bertz CT molecular complexity index is 4030. The number of hydrogen-bond donors (Lipinski definition) is 0. The molecule has 20 heteroatoms. The number of nitrogens with zero attached hydrogens (tertiary/aromatic N) is 2. The Morgan fingerprint density at radius 1 is 0.309 bits per heavy atom. The van der Waals surface area contributed by atoms with Crippen LogP contribution in [0.2, 0.25) is 0 Å². The predicted octanol–water partition coefficient (Wildman–Crippen LogP) is -16.0. The van der Waals surface area contributed by atoms with Crippen LogP contribution in [0.3, 0.4) is 0 Å². The Balaban J connectivity index is 1.21. The summed E-state index contributed by atoms with van der Waals surface area (Å²) in [5.74, 6) is 0. The number of thiophene rings is 1. The molecule has 306 valence electrons. The van der Waals surface area contributed by atoms with Crippen LogP contribution in [0.4, 0.5) is 0 Å². The molecule has 0 bridgehead atoms. The summed E-state index contributed by atoms with van der Waals surface area (Å²) in [7, 11) is 39.5. The number of fused-ring (bicyclic) bond motifs is 9. The first-order chi connectivity index (χ1) is 32.4. The van der Waals surface area contributed by atoms with Gasteiger partial charge >= 0.3 is 0 Å². The molecule has 0 aliphatic carbocycles. The monoisotopic (exact) mass is 871 g/mol. The summed E-state index contributed by atoms with van der Waals surface area (Å²) in [4.78, 5) is 0. The molecule has 0 spiro atoms. The SMILES string of the molecule is Bc1c(B)c(B)c(-c2c(B)c(B)c(B)c(-c3ccc4sc5cccc(-n6c7ccccc7c7ccc(-n8c9c(B)c(B)c(B)c(B)c9c9c(B)c(B)c(B)c(B)c98)cc76)c5c4c3)c2B)c(B)c1B. The maximum atomic E-state index is 2.62. The summed E-state index contributed by atoms with van der Waals surface area (Å²) >= 11 is 1.91. The van der Waals surface area contributed by atoms with Crippen LogP contribution in [-0.4, -0.2) is 143 Å². The second-order valence-corrected chi connectivity index (χ2v) is 21.6. The average molecular weight is 868 g/mol. The van der Waals surface area contributed by atoms with Gasteiger partial charge in [0.05, 0.1) is 16.7 Å². The van der Waals surface area contributed by atoms with Gasteiger partial charge < -0.3 is 9.13 Å². The van der Waals surface area contributed by atoms with Crippen molar-refractivity contribution in [3.05, 3.63) is 78.9 Å². The van der Waals surface area contributed by atoms with E-state index in [0.29, 0.717) is 0 Å². The van der Waals surface area contributed by atoms with E-state index in [1.165, 1.54) is 190 Å². The lowest BCUT2D eigenvalue weighted by molar-refractivity contribution is 1.17. The molecule has 3 heterocycles. The van der Waals surface area contributed by atoms with Crippen LogP contribution in [0.25, 0.3) is 97.4 Å². The molecule has 0 aliphatic heterocycles. The molecule has 0 saturated carbocycles. The van der Waals surface area contributed by atoms with Gasteiger partial charge in [0.15, 0.2) is 0 Å². The molecule has 8 aromatic carbocycles. The minimum Gasteiger partial charge on any atom is -0.310 e. The summed E-state index contributed by atoms with van der Waals surface area (Å²) in [6, 6.07) is 30.5. The highest BCUT2D eigenvalue weighted by Crippen LogP contribution is 2.43. The minimum atomic E-state index is 1.20. The third-order valence-electron chi connectivity index (χ3n) is 17.8. The highest BCUT2D eigenvalue weighted by atomic mass is 32.1. The normalized spacial score (nSPS) is 11.9. The summed E-state index contributed by atoms with van der Waals surface area (Å²) in [5.41, 5.74) is 36.5. The molecular weight excluding hydrogens is 820 g/mol. The number of aromatic nitrogens is 2. The fourth-order valence-corrected chi connectivity index (χ4v) is 13.8. The fraction of sp³-hybridized carbons (Fsp3) is 0. The first-order valence-corrected chi connectivity index (χ1v) is 25.4. The van der Waals surface area contributed by atoms with Crippen LogP contribution in [0.15, 0.2) is 78.9 Å². The third-order valence-corrected chi connectivity index (χ3v) is 18.9. The average Bonchev–Trinajstić information content (AvgIpc) is 4.01. The standard InChI is InChI=1S/C48H47B17N2S/c49-30-24(31(50)37(56)32(51)26(30)27-33(52)38(57)42(61)39(58)34(27)53)14-8-11-22-18(12-14)25-20(6-3-7-23(25)68-22)67-19-5-2-1-4-16(19)17-10-9-15(13-21(17)67)66-47-28(35(54)40(59)43(62)45(47)64)29-36(55)41(60)44(63)46(65)48(29)66/h1-13H,49-65H2. The zero-order chi connectivity index (χ0) is 48.3. The lowest BCUT2D eigenvalue weighted by atomic mass is 9.56. The van der Waals surface area contributed by atoms with Gasteiger partial charge in [0, 0.05) is 47.7 Å². The van der Waals surface area contributed by atoms with Gasteiger partial charge in [0.2, 0.25) is 0 Å². The Kier molecular flexibility index (Phi) is 10.5. The first kappa shape index (κ1) is 45.1. The van der Waals surface area contributed by atoms with Crippen LogP contribution in [-0.2, 0) is 0 Å². The van der Waals surface area contributed by atoms with Gasteiger partial charge in [-0.1, -0.05) is 96.5 Å². The van der Waals surface area contributed by atoms with Crippen molar-refractivity contribution in [3.63, 3.8) is 0 Å². The fourth-order valence-electron chi connectivity index (χ4n) is 12.7. The van der Waals surface area contributed by atoms with Gasteiger partial charge in [-0.15, -0.1) is 44.1 Å². The van der Waals surface area contributed by atoms with Crippen LogP contribution in [0.1, 0.15) is 0 Å². The quantitative estimate of drug-likeness (QED) is 0.156. The molecule has 0 aliphatic rings. The molecule has 3 aromatic heterocycles. The van der Waals surface area contributed by atoms with E-state index in [4.69, 9.17) is 0 Å². The zero-order valence-electron chi connectivity index (χ0n) is 43.3. The molecule has 0 N–H and O–H groups in total. The second kappa shape index (κ2) is 15.9. The van der Waals surface area contributed by atoms with E-state index in [1.54, 1.807) is 0 Å². The van der Waals surface area contributed by atoms with Crippen LogP contribution in [0.5, 0.6) is 0 Å². The minimum absolute atomic E-state index is 1.20. The van der Waals surface area contributed by atoms with E-state index in [2.05, 4.69) is 221 Å². The van der Waals surface area contributed by atoms with Crippen molar-refractivity contribution in [1.82, 2.24) is 9.13 Å². The van der Waals surface area contributed by atoms with E-state index in [-0.39, 0.29) is 0 Å². The molecule has 0 unspecified atom stereocenters. The molecule has 0 radical (unpaired) electrons. The molecule has 0 amide bonds. The predicted molar refractivity (Wildman–Crippen MR) is 358 cm³/mol. The molecule has 68 heavy (non-hydrogen) atoms. The van der Waals surface area contributed by atoms with E-state index in [1.807, 2.05) is 11.3 Å². The van der Waals surface area contributed by atoms with Crippen molar-refractivity contribution in [2.24, 2.45) is 0 Å². The van der Waals surface area contributed by atoms with Gasteiger partial charge in [0.1, 0.15) is 133 Å². The van der Waals surface area contributed by atoms with Crippen LogP contribution >= 0.6 is 11.3 Å². The van der Waals surface area contributed by atoms with Crippen molar-refractivity contribution < 1.29 is 0 Å². The zero-order valence-corrected chi connectivity index (χ0v) is 44.1. The topological polar surface area (TPSA) is 9.86 Å². The number of hydrogen-bond acceptors (Lipinski definition) is 1. The Hall–Kier alpha value is -5.32. The third kappa shape index (κ3) is 6.01. The number of para-hydroxylation sites is 1. The van der Waals surface area contributed by atoms with E-state index in [0.717, 1.165) is 0 Å². The second-order valence-electron chi connectivity index (χ2n) is 20.5. The highest BCUT2D eigenvalue weighted by Gasteiger charge is 2.26. The maximum absolute atomic E-state index is 2.62. The summed E-state index contributed by atoms with van der Waals surface area (Å²) in [6.45, 7) is 0. The summed E-state index contributed by atoms with van der Waals surface area (Å²) < 4.78 is 7.81. The first-order valence-electron chi connectivity index (χ1n) is 24.5. The number of rotatable bonds is 4. The van der Waals surface area contributed by atoms with Gasteiger partial charge in [-0.05, 0) is 75.5 Å². The van der Waals surface area contributed by atoms with Gasteiger partial charge in [-0.25, -0.2) is 0 Å². The Labute approximate surface area is 420 Å². The van der Waals surface area contributed by atoms with Crippen LogP contribution < -0.4 is 92.9 Å². The molecule has 11 rings (SSSR count). The van der Waals surface area contributed by atoms with Gasteiger partial charge in [0.25, 0.3) is 0 Å². The Morgan fingerprint density at radius 2 is 0.809 bits per heavy atom. The molecule has 0 fully saturated rings. The smallest absolute Gasteiger partial charge is 0.141 e. The number of benzene rings is 8. The molecule has 2 nitrogen and oxygen atoms in total. The van der Waals surface area contributed by atoms with Crippen molar-refractivity contribution in [1.29, 1.82) is 0 Å². The lowest BCUT2D eigenvalue weighted by Crippen LogP contribution is -2.57. The molecular formula is C48H47B17N2S. The summed E-state index contributed by atoms with van der Waals surface area (Å²) in [6.07, 6.45) is 0. The van der Waals surface area contributed by atoms with Gasteiger partial charge in [-0.2, -0.15) is 0 Å². The summed E-state index contributed by atoms with van der Waals surface area (Å²) in [5, 5.41) is 7.95. The van der Waals surface area contributed by atoms with Gasteiger partial charge in [-0.3, -0.25) is 0 Å². The van der Waals surface area contributed by atoms with E-state index >= 15 is 0 Å². The molecule has 0 saturated heterocycles. The maximum Gasteiger partial charge on any atom is 0.141 e. The van der Waals surface area contributed by atoms with E-state index < -0.39 is 0 Å². The van der Waals surface area contributed by atoms with Crippen molar-refractivity contribution in [3.8, 4) is 33.6 Å². The van der Waals surface area contributed by atoms with Crippen molar-refractivity contribution >= 4 is 301 Å². The Morgan fingerprint density at radius 3 is 1.43 bits per heavy atom. The van der Waals surface area contributed by atoms with Crippen molar-refractivity contribution in [2.75, 3.05) is 0 Å². The lowest BCUT2D eigenvalue weighted by Gasteiger charge is -2.27. The highest BCUT2D eigenvalue weighted by molar-refractivity contribution is 7.26. The van der Waals surface area contributed by atoms with Crippen LogP contribution in [0, 0.1) is 0 Å². The molecule has 0 atom stereocenters. The molecule has 11 aromatic rings.